The van der Waals surface area contributed by atoms with E-state index >= 15 is 0 Å². The number of carbonyl (C=O) groups excluding carboxylic acids is 1. The quantitative estimate of drug-likeness (QED) is 0.609. The number of nitrogens with zero attached hydrogens (tertiary/aromatic N) is 2. The monoisotopic (exact) mass is 368 g/mol. The number of rotatable bonds is 6. The van der Waals surface area contributed by atoms with E-state index in [1.807, 2.05) is 18.2 Å². The smallest absolute Gasteiger partial charge is 0.338 e. The lowest BCUT2D eigenvalue weighted by atomic mass is 10.2. The summed E-state index contributed by atoms with van der Waals surface area (Å²) in [6, 6.07) is 16.1. The Kier molecular flexibility index (Phi) is 5.66. The zero-order chi connectivity index (χ0) is 18.4. The fourth-order valence-electron chi connectivity index (χ4n) is 2.26. The van der Waals surface area contributed by atoms with Crippen LogP contribution < -0.4 is 10.6 Å². The van der Waals surface area contributed by atoms with Crippen molar-refractivity contribution >= 4 is 40.6 Å². The number of halogens is 1. The molecule has 3 rings (SSSR count). The molecule has 0 radical (unpaired) electrons. The fourth-order valence-corrected chi connectivity index (χ4v) is 2.45. The van der Waals surface area contributed by atoms with Crippen LogP contribution in [0.15, 0.2) is 60.9 Å². The van der Waals surface area contributed by atoms with E-state index in [1.165, 1.54) is 6.33 Å². The van der Waals surface area contributed by atoms with Crippen molar-refractivity contribution in [1.29, 1.82) is 0 Å². The molecule has 0 unspecified atom stereocenters. The van der Waals surface area contributed by atoms with E-state index < -0.39 is 0 Å². The number of hydrogen-bond donors (Lipinski definition) is 2. The summed E-state index contributed by atoms with van der Waals surface area (Å²) >= 11 is 5.99. The van der Waals surface area contributed by atoms with E-state index in [1.54, 1.807) is 43.3 Å². The first-order valence-corrected chi connectivity index (χ1v) is 8.40. The van der Waals surface area contributed by atoms with Crippen molar-refractivity contribution < 1.29 is 9.53 Å². The van der Waals surface area contributed by atoms with Crippen LogP contribution in [0.3, 0.4) is 0 Å². The van der Waals surface area contributed by atoms with E-state index in [9.17, 15) is 4.79 Å². The minimum Gasteiger partial charge on any atom is -0.462 e. The summed E-state index contributed by atoms with van der Waals surface area (Å²) in [7, 11) is 0. The van der Waals surface area contributed by atoms with E-state index in [-0.39, 0.29) is 5.97 Å². The third-order valence-corrected chi connectivity index (χ3v) is 3.67. The molecule has 0 bridgehead atoms. The molecule has 0 aliphatic heterocycles. The summed E-state index contributed by atoms with van der Waals surface area (Å²) in [5.74, 6) is 0.912. The predicted molar refractivity (Wildman–Crippen MR) is 102 cm³/mol. The Morgan fingerprint density at radius 3 is 2.35 bits per heavy atom. The van der Waals surface area contributed by atoms with Crippen LogP contribution in [0.4, 0.5) is 23.0 Å². The van der Waals surface area contributed by atoms with Gasteiger partial charge in [0.1, 0.15) is 18.0 Å². The van der Waals surface area contributed by atoms with Crippen molar-refractivity contribution in [3.63, 3.8) is 0 Å². The van der Waals surface area contributed by atoms with Crippen LogP contribution >= 0.6 is 11.6 Å². The highest BCUT2D eigenvalue weighted by molar-refractivity contribution is 6.30. The first kappa shape index (κ1) is 17.7. The molecule has 0 aliphatic rings. The van der Waals surface area contributed by atoms with Crippen LogP contribution in [-0.2, 0) is 4.74 Å². The largest absolute Gasteiger partial charge is 0.462 e. The second kappa shape index (κ2) is 8.31. The average Bonchev–Trinajstić information content (AvgIpc) is 2.63. The molecule has 6 nitrogen and oxygen atoms in total. The van der Waals surface area contributed by atoms with Crippen molar-refractivity contribution in [3.05, 3.63) is 71.5 Å². The average molecular weight is 369 g/mol. The first-order valence-electron chi connectivity index (χ1n) is 8.03. The molecule has 2 N–H and O–H groups in total. The Morgan fingerprint density at radius 2 is 1.69 bits per heavy atom. The highest BCUT2D eigenvalue weighted by Gasteiger charge is 2.06. The lowest BCUT2D eigenvalue weighted by Crippen LogP contribution is -2.04. The number of ether oxygens (including phenoxy) is 1. The van der Waals surface area contributed by atoms with Gasteiger partial charge in [0.05, 0.1) is 12.2 Å². The maximum Gasteiger partial charge on any atom is 0.338 e. The summed E-state index contributed by atoms with van der Waals surface area (Å²) < 4.78 is 4.97. The van der Waals surface area contributed by atoms with Crippen molar-refractivity contribution in [2.45, 2.75) is 6.92 Å². The normalized spacial score (nSPS) is 10.2. The summed E-state index contributed by atoms with van der Waals surface area (Å²) in [6.07, 6.45) is 1.46. The molecule has 0 saturated heterocycles. The molecular formula is C19H17ClN4O2. The summed E-state index contributed by atoms with van der Waals surface area (Å²) in [6.45, 7) is 2.13. The second-order valence-corrected chi connectivity index (χ2v) is 5.78. The van der Waals surface area contributed by atoms with Crippen LogP contribution in [0, 0.1) is 0 Å². The van der Waals surface area contributed by atoms with Gasteiger partial charge in [-0.2, -0.15) is 0 Å². The lowest BCUT2D eigenvalue weighted by Gasteiger charge is -2.09. The van der Waals surface area contributed by atoms with Gasteiger partial charge in [-0.1, -0.05) is 17.7 Å². The molecular weight excluding hydrogens is 352 g/mol. The van der Waals surface area contributed by atoms with Crippen LogP contribution in [-0.4, -0.2) is 22.5 Å². The van der Waals surface area contributed by atoms with Gasteiger partial charge < -0.3 is 15.4 Å². The molecule has 26 heavy (non-hydrogen) atoms. The molecule has 2 aromatic carbocycles. The topological polar surface area (TPSA) is 76.1 Å². The second-order valence-electron chi connectivity index (χ2n) is 5.35. The van der Waals surface area contributed by atoms with Gasteiger partial charge in [0.2, 0.25) is 0 Å². The van der Waals surface area contributed by atoms with E-state index in [0.717, 1.165) is 11.4 Å². The highest BCUT2D eigenvalue weighted by Crippen LogP contribution is 2.21. The Labute approximate surface area is 156 Å². The minimum atomic E-state index is -0.339. The molecule has 1 heterocycles. The predicted octanol–water partition coefficient (Wildman–Crippen LogP) is 4.79. The summed E-state index contributed by atoms with van der Waals surface area (Å²) in [4.78, 5) is 20.1. The van der Waals surface area contributed by atoms with Gasteiger partial charge in [0, 0.05) is 22.5 Å². The summed E-state index contributed by atoms with van der Waals surface area (Å²) in [5, 5.41) is 6.99. The zero-order valence-electron chi connectivity index (χ0n) is 14.1. The van der Waals surface area contributed by atoms with Crippen molar-refractivity contribution in [3.8, 4) is 0 Å². The molecule has 0 atom stereocenters. The van der Waals surface area contributed by atoms with Crippen molar-refractivity contribution in [2.24, 2.45) is 0 Å². The molecule has 0 fully saturated rings. The van der Waals surface area contributed by atoms with Gasteiger partial charge in [-0.05, 0) is 49.4 Å². The molecule has 0 amide bonds. The standard InChI is InChI=1S/C19H17ClN4O2/c1-2-26-19(25)13-6-8-15(9-7-13)23-17-11-18(22-12-21-17)24-16-5-3-4-14(20)10-16/h3-12H,2H2,1H3,(H2,21,22,23,24). The zero-order valence-corrected chi connectivity index (χ0v) is 14.8. The van der Waals surface area contributed by atoms with Gasteiger partial charge in [-0.25, -0.2) is 14.8 Å². The van der Waals surface area contributed by atoms with E-state index in [0.29, 0.717) is 28.8 Å². The third-order valence-electron chi connectivity index (χ3n) is 3.43. The van der Waals surface area contributed by atoms with E-state index in [2.05, 4.69) is 20.6 Å². The minimum absolute atomic E-state index is 0.339. The van der Waals surface area contributed by atoms with Crippen LogP contribution in [0.25, 0.3) is 0 Å². The van der Waals surface area contributed by atoms with Gasteiger partial charge in [-0.15, -0.1) is 0 Å². The number of nitrogens with one attached hydrogen (secondary N) is 2. The summed E-state index contributed by atoms with van der Waals surface area (Å²) in [5.41, 5.74) is 2.13. The van der Waals surface area contributed by atoms with Crippen LogP contribution in [0.1, 0.15) is 17.3 Å². The Balaban J connectivity index is 1.69. The Hall–Kier alpha value is -3.12. The fraction of sp³-hybridized carbons (Fsp3) is 0.105. The third kappa shape index (κ3) is 4.70. The molecule has 0 aliphatic carbocycles. The SMILES string of the molecule is CCOC(=O)c1ccc(Nc2cc(Nc3cccc(Cl)c3)ncn2)cc1. The first-order chi connectivity index (χ1) is 12.6. The van der Waals surface area contributed by atoms with Gasteiger partial charge in [-0.3, -0.25) is 0 Å². The van der Waals surface area contributed by atoms with Crippen LogP contribution in [0.5, 0.6) is 0 Å². The van der Waals surface area contributed by atoms with Crippen LogP contribution in [0.2, 0.25) is 5.02 Å². The number of aromatic nitrogens is 2. The number of carbonyl (C=O) groups is 1. The highest BCUT2D eigenvalue weighted by atomic mass is 35.5. The van der Waals surface area contributed by atoms with E-state index in [4.69, 9.17) is 16.3 Å². The Bertz CT molecular complexity index is 900. The molecule has 1 aromatic heterocycles. The molecule has 7 heteroatoms. The molecule has 0 spiro atoms. The van der Waals surface area contributed by atoms with Crippen molar-refractivity contribution in [2.75, 3.05) is 17.2 Å². The Morgan fingerprint density at radius 1 is 1.00 bits per heavy atom. The molecule has 3 aromatic rings. The lowest BCUT2D eigenvalue weighted by molar-refractivity contribution is 0.0526. The number of anilines is 4. The number of hydrogen-bond acceptors (Lipinski definition) is 6. The molecule has 0 saturated carbocycles. The molecule has 132 valence electrons. The number of benzene rings is 2. The van der Waals surface area contributed by atoms with Crippen molar-refractivity contribution in [1.82, 2.24) is 9.97 Å². The van der Waals surface area contributed by atoms with Gasteiger partial charge in [0.15, 0.2) is 0 Å². The maximum atomic E-state index is 11.7. The number of esters is 1. The van der Waals surface area contributed by atoms with Gasteiger partial charge >= 0.3 is 5.97 Å². The van der Waals surface area contributed by atoms with Gasteiger partial charge in [0.25, 0.3) is 0 Å². The maximum absolute atomic E-state index is 11.7.